The molecule has 0 aliphatic carbocycles. The van der Waals surface area contributed by atoms with Gasteiger partial charge in [0, 0.05) is 0 Å². The van der Waals surface area contributed by atoms with Gasteiger partial charge < -0.3 is 5.73 Å². The Labute approximate surface area is 47.6 Å². The summed E-state index contributed by atoms with van der Waals surface area (Å²) in [4.78, 5) is 0. The topological polar surface area (TPSA) is 26.0 Å². The fourth-order valence-corrected chi connectivity index (χ4v) is 0.143. The van der Waals surface area contributed by atoms with Crippen LogP contribution in [0.4, 0.5) is 22.0 Å². The molecule has 0 spiro atoms. The van der Waals surface area contributed by atoms with Crippen molar-refractivity contribution in [3.05, 3.63) is 0 Å². The molecule has 0 aliphatic heterocycles. The van der Waals surface area contributed by atoms with Crippen LogP contribution in [0.15, 0.2) is 0 Å². The molecular formula is C3H4F5N. The molecule has 0 rings (SSSR count). The summed E-state index contributed by atoms with van der Waals surface area (Å²) in [6.45, 7) is 0. The Morgan fingerprint density at radius 2 is 1.44 bits per heavy atom. The van der Waals surface area contributed by atoms with Crippen LogP contribution in [0.25, 0.3) is 0 Å². The van der Waals surface area contributed by atoms with E-state index in [1.165, 1.54) is 0 Å². The fourth-order valence-electron chi connectivity index (χ4n) is 0.143. The second-order valence-corrected chi connectivity index (χ2v) is 1.40. The van der Waals surface area contributed by atoms with Gasteiger partial charge in [-0.05, 0) is 0 Å². The van der Waals surface area contributed by atoms with Crippen molar-refractivity contribution < 1.29 is 22.0 Å². The quantitative estimate of drug-likeness (QED) is 0.556. The molecule has 0 aromatic heterocycles. The van der Waals surface area contributed by atoms with Crippen LogP contribution in [0.3, 0.4) is 0 Å². The van der Waals surface area contributed by atoms with Crippen LogP contribution in [0.5, 0.6) is 0 Å². The summed E-state index contributed by atoms with van der Waals surface area (Å²) in [5.41, 5.74) is 4.02. The lowest BCUT2D eigenvalue weighted by Crippen LogP contribution is -2.43. The Kier molecular flexibility index (Phi) is 2.36. The highest BCUT2D eigenvalue weighted by molar-refractivity contribution is 4.71. The first-order chi connectivity index (χ1) is 3.85. The zero-order valence-corrected chi connectivity index (χ0v) is 4.12. The van der Waals surface area contributed by atoms with Gasteiger partial charge in [-0.15, -0.1) is 0 Å². The average molecular weight is 149 g/mol. The zero-order chi connectivity index (χ0) is 7.65. The third kappa shape index (κ3) is 2.59. The standard InChI is InChI=1S/C3H4F5N/c4-2(5)1(9)3(6,7)8/h1-2H,9H2/t1-/m0/s1. The van der Waals surface area contributed by atoms with Gasteiger partial charge in [-0.2, -0.15) is 13.2 Å². The molecule has 56 valence electrons. The third-order valence-corrected chi connectivity index (χ3v) is 0.649. The molecule has 0 aromatic rings. The summed E-state index contributed by atoms with van der Waals surface area (Å²) in [7, 11) is 0. The van der Waals surface area contributed by atoms with E-state index in [0.29, 0.717) is 0 Å². The summed E-state index contributed by atoms with van der Waals surface area (Å²) < 4.78 is 55.4. The van der Waals surface area contributed by atoms with Gasteiger partial charge in [-0.25, -0.2) is 8.78 Å². The largest absolute Gasteiger partial charge is 0.409 e. The molecule has 2 N–H and O–H groups in total. The Hall–Kier alpha value is -0.390. The molecular weight excluding hydrogens is 145 g/mol. The molecule has 0 radical (unpaired) electrons. The van der Waals surface area contributed by atoms with Gasteiger partial charge in [0.15, 0.2) is 6.04 Å². The molecule has 9 heavy (non-hydrogen) atoms. The maximum absolute atomic E-state index is 11.1. The molecule has 0 bridgehead atoms. The summed E-state index contributed by atoms with van der Waals surface area (Å²) in [5, 5.41) is 0. The highest BCUT2D eigenvalue weighted by Gasteiger charge is 2.42. The highest BCUT2D eigenvalue weighted by Crippen LogP contribution is 2.22. The minimum atomic E-state index is -4.99. The summed E-state index contributed by atoms with van der Waals surface area (Å²) >= 11 is 0. The maximum Gasteiger partial charge on any atom is 0.409 e. The van der Waals surface area contributed by atoms with E-state index in [1.807, 2.05) is 0 Å². The molecule has 0 aromatic carbocycles. The van der Waals surface area contributed by atoms with Crippen LogP contribution < -0.4 is 5.73 Å². The summed E-state index contributed by atoms with van der Waals surface area (Å²) in [6.07, 6.45) is -8.53. The van der Waals surface area contributed by atoms with E-state index in [-0.39, 0.29) is 0 Å². The van der Waals surface area contributed by atoms with Crippen LogP contribution in [-0.2, 0) is 0 Å². The number of hydrogen-bond acceptors (Lipinski definition) is 1. The lowest BCUT2D eigenvalue weighted by atomic mass is 10.3. The number of nitrogens with two attached hydrogens (primary N) is 1. The fraction of sp³-hybridized carbons (Fsp3) is 1.00. The summed E-state index contributed by atoms with van der Waals surface area (Å²) in [5.74, 6) is 0. The van der Waals surface area contributed by atoms with Crippen molar-refractivity contribution in [1.29, 1.82) is 0 Å². The second kappa shape index (κ2) is 2.47. The molecule has 1 atom stereocenters. The molecule has 6 heteroatoms. The van der Waals surface area contributed by atoms with Crippen LogP contribution >= 0.6 is 0 Å². The van der Waals surface area contributed by atoms with Gasteiger partial charge in [0.25, 0.3) is 6.43 Å². The van der Waals surface area contributed by atoms with Crippen molar-refractivity contribution in [3.8, 4) is 0 Å². The predicted octanol–water partition coefficient (Wildman–Crippen LogP) is 1.14. The Morgan fingerprint density at radius 3 is 1.44 bits per heavy atom. The smallest absolute Gasteiger partial charge is 0.315 e. The van der Waals surface area contributed by atoms with Crippen molar-refractivity contribution in [2.75, 3.05) is 0 Å². The van der Waals surface area contributed by atoms with Crippen LogP contribution in [0.1, 0.15) is 0 Å². The molecule has 0 aliphatic rings. The molecule has 0 unspecified atom stereocenters. The SMILES string of the molecule is N[C@@H](C(F)F)C(F)(F)F. The lowest BCUT2D eigenvalue weighted by molar-refractivity contribution is -0.174. The Morgan fingerprint density at radius 1 is 1.11 bits per heavy atom. The molecule has 0 heterocycles. The van der Waals surface area contributed by atoms with Gasteiger partial charge in [0.05, 0.1) is 0 Å². The number of alkyl halides is 5. The van der Waals surface area contributed by atoms with Gasteiger partial charge in [0.1, 0.15) is 0 Å². The molecule has 0 fully saturated rings. The van der Waals surface area contributed by atoms with Gasteiger partial charge in [0.2, 0.25) is 0 Å². The van der Waals surface area contributed by atoms with Gasteiger partial charge in [-0.3, -0.25) is 0 Å². The monoisotopic (exact) mass is 149 g/mol. The van der Waals surface area contributed by atoms with Crippen molar-refractivity contribution in [1.82, 2.24) is 0 Å². The molecule has 0 saturated carbocycles. The first kappa shape index (κ1) is 8.61. The van der Waals surface area contributed by atoms with Crippen molar-refractivity contribution in [2.45, 2.75) is 18.6 Å². The van der Waals surface area contributed by atoms with Crippen LogP contribution in [0.2, 0.25) is 0 Å². The molecule has 0 saturated heterocycles. The normalized spacial score (nSPS) is 16.3. The van der Waals surface area contributed by atoms with E-state index in [0.717, 1.165) is 0 Å². The minimum Gasteiger partial charge on any atom is -0.315 e. The van der Waals surface area contributed by atoms with Gasteiger partial charge >= 0.3 is 6.18 Å². The van der Waals surface area contributed by atoms with E-state index < -0.39 is 18.6 Å². The maximum atomic E-state index is 11.1. The van der Waals surface area contributed by atoms with E-state index in [1.54, 1.807) is 0 Å². The molecule has 0 amide bonds. The average Bonchev–Trinajstić information content (AvgIpc) is 1.62. The van der Waals surface area contributed by atoms with E-state index in [4.69, 9.17) is 0 Å². The lowest BCUT2D eigenvalue weighted by Gasteiger charge is -2.13. The molecule has 1 nitrogen and oxygen atoms in total. The number of halogens is 5. The zero-order valence-electron chi connectivity index (χ0n) is 4.12. The first-order valence-corrected chi connectivity index (χ1v) is 1.96. The minimum absolute atomic E-state index is 3.02. The van der Waals surface area contributed by atoms with Gasteiger partial charge in [-0.1, -0.05) is 0 Å². The van der Waals surface area contributed by atoms with Crippen molar-refractivity contribution >= 4 is 0 Å². The summed E-state index contributed by atoms with van der Waals surface area (Å²) in [6, 6.07) is -3.02. The van der Waals surface area contributed by atoms with Crippen LogP contribution in [-0.4, -0.2) is 18.6 Å². The van der Waals surface area contributed by atoms with Crippen molar-refractivity contribution in [2.24, 2.45) is 5.73 Å². The third-order valence-electron chi connectivity index (χ3n) is 0.649. The predicted molar refractivity (Wildman–Crippen MR) is 20.0 cm³/mol. The van der Waals surface area contributed by atoms with E-state index >= 15 is 0 Å². The number of rotatable bonds is 1. The van der Waals surface area contributed by atoms with E-state index in [2.05, 4.69) is 5.73 Å². The Bertz CT molecular complexity index is 86.7. The van der Waals surface area contributed by atoms with E-state index in [9.17, 15) is 22.0 Å². The van der Waals surface area contributed by atoms with Crippen molar-refractivity contribution in [3.63, 3.8) is 0 Å². The second-order valence-electron chi connectivity index (χ2n) is 1.40. The highest BCUT2D eigenvalue weighted by atomic mass is 19.4. The Balaban J connectivity index is 3.88. The van der Waals surface area contributed by atoms with Crippen LogP contribution in [0, 0.1) is 0 Å². The number of hydrogen-bond donors (Lipinski definition) is 1. The first-order valence-electron chi connectivity index (χ1n) is 1.96.